The van der Waals surface area contributed by atoms with Crippen LogP contribution in [-0.2, 0) is 22.6 Å². The van der Waals surface area contributed by atoms with Crippen molar-refractivity contribution in [2.45, 2.75) is 52.0 Å². The molecule has 0 spiro atoms. The van der Waals surface area contributed by atoms with Gasteiger partial charge in [-0.1, -0.05) is 60.1 Å². The van der Waals surface area contributed by atoms with E-state index in [-0.39, 0.29) is 17.7 Å². The maximum absolute atomic E-state index is 13.6. The monoisotopic (exact) mass is 509 g/mol. The van der Waals surface area contributed by atoms with E-state index < -0.39 is 0 Å². The van der Waals surface area contributed by atoms with Crippen molar-refractivity contribution in [1.29, 1.82) is 0 Å². The second-order valence-corrected chi connectivity index (χ2v) is 10.9. The molecule has 6 heteroatoms. The molecule has 0 aromatic heterocycles. The molecule has 0 atom stereocenters. The van der Waals surface area contributed by atoms with Crippen molar-refractivity contribution in [2.75, 3.05) is 39.3 Å². The Balaban J connectivity index is 1.28. The third kappa shape index (κ3) is 7.57. The molecule has 0 N–H and O–H groups in total. The van der Waals surface area contributed by atoms with E-state index >= 15 is 0 Å². The summed E-state index contributed by atoms with van der Waals surface area (Å²) in [4.78, 5) is 31.7. The van der Waals surface area contributed by atoms with Crippen LogP contribution in [0.4, 0.5) is 0 Å². The zero-order valence-corrected chi connectivity index (χ0v) is 22.3. The molecule has 0 saturated carbocycles. The lowest BCUT2D eigenvalue weighted by Crippen LogP contribution is -2.44. The minimum atomic E-state index is -0.0168. The van der Waals surface area contributed by atoms with Crippen LogP contribution in [0.15, 0.2) is 54.6 Å². The second kappa shape index (κ2) is 13.3. The van der Waals surface area contributed by atoms with Crippen LogP contribution in [0.25, 0.3) is 0 Å². The zero-order valence-electron chi connectivity index (χ0n) is 21.6. The van der Waals surface area contributed by atoms with Crippen LogP contribution in [0.5, 0.6) is 0 Å². The first-order valence-electron chi connectivity index (χ1n) is 13.5. The van der Waals surface area contributed by atoms with Crippen LogP contribution in [0.2, 0.25) is 5.02 Å². The number of halogens is 1. The van der Waals surface area contributed by atoms with E-state index in [1.54, 1.807) is 6.92 Å². The van der Waals surface area contributed by atoms with Crippen LogP contribution in [0.3, 0.4) is 0 Å². The van der Waals surface area contributed by atoms with Crippen molar-refractivity contribution in [2.24, 2.45) is 11.8 Å². The summed E-state index contributed by atoms with van der Waals surface area (Å²) in [6.45, 7) is 7.53. The van der Waals surface area contributed by atoms with Crippen molar-refractivity contribution in [3.63, 3.8) is 0 Å². The van der Waals surface area contributed by atoms with Crippen molar-refractivity contribution < 1.29 is 9.59 Å². The van der Waals surface area contributed by atoms with Gasteiger partial charge in [-0.25, -0.2) is 0 Å². The average molecular weight is 510 g/mol. The first-order chi connectivity index (χ1) is 17.5. The van der Waals surface area contributed by atoms with Gasteiger partial charge >= 0.3 is 0 Å². The summed E-state index contributed by atoms with van der Waals surface area (Å²) in [5, 5.41) is 0.710. The molecule has 2 heterocycles. The number of hydrogen-bond acceptors (Lipinski definition) is 3. The van der Waals surface area contributed by atoms with E-state index in [9.17, 15) is 9.59 Å². The summed E-state index contributed by atoms with van der Waals surface area (Å²) in [5.41, 5.74) is 2.44. The Bertz CT molecular complexity index is 983. The first-order valence-corrected chi connectivity index (χ1v) is 13.9. The maximum Gasteiger partial charge on any atom is 0.226 e. The third-order valence-corrected chi connectivity index (χ3v) is 8.27. The first kappa shape index (κ1) is 26.7. The summed E-state index contributed by atoms with van der Waals surface area (Å²) in [7, 11) is 0. The zero-order chi connectivity index (χ0) is 25.3. The number of nitrogens with zero attached hydrogens (tertiary/aromatic N) is 3. The van der Waals surface area contributed by atoms with E-state index in [1.165, 1.54) is 24.8 Å². The number of rotatable bonds is 9. The van der Waals surface area contributed by atoms with Gasteiger partial charge < -0.3 is 14.7 Å². The molecule has 0 unspecified atom stereocenters. The van der Waals surface area contributed by atoms with Gasteiger partial charge in [0.25, 0.3) is 0 Å². The molecule has 0 radical (unpaired) electrons. The summed E-state index contributed by atoms with van der Waals surface area (Å²) >= 11 is 6.45. The Morgan fingerprint density at radius 3 is 2.25 bits per heavy atom. The number of piperidine rings is 2. The largest absolute Gasteiger partial charge is 0.343 e. The summed E-state index contributed by atoms with van der Waals surface area (Å²) < 4.78 is 0. The number of likely N-dealkylation sites (tertiary alicyclic amines) is 2. The number of carbonyl (C=O) groups excluding carboxylic acids is 2. The maximum atomic E-state index is 13.6. The Labute approximate surface area is 221 Å². The molecule has 2 aromatic rings. The summed E-state index contributed by atoms with van der Waals surface area (Å²) in [6.07, 6.45) is 6.11. The SMILES string of the molecule is CC(=O)N1CCC(C(=O)N(CCCN2CCC(Cc3ccccc3)CC2)Cc2ccccc2Cl)CC1. The number of hydrogen-bond donors (Lipinski definition) is 0. The van der Waals surface area contributed by atoms with Gasteiger partial charge in [-0.05, 0) is 81.3 Å². The third-order valence-electron chi connectivity index (χ3n) is 7.90. The van der Waals surface area contributed by atoms with Gasteiger partial charge in [0.2, 0.25) is 11.8 Å². The lowest BCUT2D eigenvalue weighted by Gasteiger charge is -2.35. The second-order valence-electron chi connectivity index (χ2n) is 10.5. The summed E-state index contributed by atoms with van der Waals surface area (Å²) in [5.74, 6) is 1.06. The van der Waals surface area contributed by atoms with E-state index in [2.05, 4.69) is 35.2 Å². The highest BCUT2D eigenvalue weighted by atomic mass is 35.5. The Morgan fingerprint density at radius 1 is 0.917 bits per heavy atom. The molecular weight excluding hydrogens is 470 g/mol. The predicted molar refractivity (Wildman–Crippen MR) is 146 cm³/mol. The van der Waals surface area contributed by atoms with Crippen molar-refractivity contribution in [1.82, 2.24) is 14.7 Å². The van der Waals surface area contributed by atoms with Gasteiger partial charge in [-0.2, -0.15) is 0 Å². The van der Waals surface area contributed by atoms with Crippen LogP contribution in [-0.4, -0.2) is 65.8 Å². The molecule has 2 aliphatic rings. The molecular formula is C30H40ClN3O2. The van der Waals surface area contributed by atoms with Crippen LogP contribution in [0.1, 0.15) is 50.2 Å². The lowest BCUT2D eigenvalue weighted by molar-refractivity contribution is -0.140. The van der Waals surface area contributed by atoms with Crippen molar-refractivity contribution >= 4 is 23.4 Å². The Kier molecular flexibility index (Phi) is 9.82. The van der Waals surface area contributed by atoms with Crippen LogP contribution >= 0.6 is 11.6 Å². The number of carbonyl (C=O) groups is 2. The molecule has 0 aliphatic carbocycles. The highest BCUT2D eigenvalue weighted by Gasteiger charge is 2.30. The molecule has 2 fully saturated rings. The van der Waals surface area contributed by atoms with Gasteiger partial charge in [0.1, 0.15) is 0 Å². The quantitative estimate of drug-likeness (QED) is 0.462. The van der Waals surface area contributed by atoms with Crippen molar-refractivity contribution in [3.05, 3.63) is 70.7 Å². The van der Waals surface area contributed by atoms with Gasteiger partial charge in [0, 0.05) is 44.0 Å². The topological polar surface area (TPSA) is 43.9 Å². The number of amides is 2. The highest BCUT2D eigenvalue weighted by molar-refractivity contribution is 6.31. The molecule has 4 rings (SSSR count). The van der Waals surface area contributed by atoms with Crippen LogP contribution < -0.4 is 0 Å². The molecule has 2 amide bonds. The fraction of sp³-hybridized carbons (Fsp3) is 0.533. The van der Waals surface area contributed by atoms with E-state index in [0.717, 1.165) is 56.9 Å². The standard InChI is InChI=1S/C30H40ClN3O2/c1-24(35)33-20-14-27(15-21-33)30(36)34(23-28-10-5-6-11-29(28)31)17-7-16-32-18-12-26(13-19-32)22-25-8-3-2-4-9-25/h2-6,8-11,26-27H,7,12-23H2,1H3. The van der Waals surface area contributed by atoms with Gasteiger partial charge in [0.05, 0.1) is 0 Å². The fourth-order valence-corrected chi connectivity index (χ4v) is 5.84. The Hall–Kier alpha value is -2.37. The normalized spacial score (nSPS) is 17.8. The van der Waals surface area contributed by atoms with Crippen molar-refractivity contribution in [3.8, 4) is 0 Å². The van der Waals surface area contributed by atoms with E-state index in [1.807, 2.05) is 34.1 Å². The highest BCUT2D eigenvalue weighted by Crippen LogP contribution is 2.25. The molecule has 36 heavy (non-hydrogen) atoms. The van der Waals surface area contributed by atoms with E-state index in [0.29, 0.717) is 24.7 Å². The molecule has 2 saturated heterocycles. The fourth-order valence-electron chi connectivity index (χ4n) is 5.65. The van der Waals surface area contributed by atoms with Crippen LogP contribution in [0, 0.1) is 11.8 Å². The average Bonchev–Trinajstić information content (AvgIpc) is 2.90. The van der Waals surface area contributed by atoms with Gasteiger partial charge in [0.15, 0.2) is 0 Å². The lowest BCUT2D eigenvalue weighted by atomic mass is 9.90. The van der Waals surface area contributed by atoms with Gasteiger partial charge in [-0.3, -0.25) is 9.59 Å². The minimum Gasteiger partial charge on any atom is -0.343 e. The minimum absolute atomic E-state index is 0.0168. The van der Waals surface area contributed by atoms with E-state index in [4.69, 9.17) is 11.6 Å². The molecule has 194 valence electrons. The molecule has 5 nitrogen and oxygen atoms in total. The molecule has 0 bridgehead atoms. The predicted octanol–water partition coefficient (Wildman–Crippen LogP) is 5.27. The summed E-state index contributed by atoms with van der Waals surface area (Å²) in [6, 6.07) is 18.6. The molecule has 2 aromatic carbocycles. The Morgan fingerprint density at radius 2 is 1.58 bits per heavy atom. The molecule has 2 aliphatic heterocycles. The smallest absolute Gasteiger partial charge is 0.226 e. The number of benzene rings is 2. The van der Waals surface area contributed by atoms with Gasteiger partial charge in [-0.15, -0.1) is 0 Å².